The molecule has 3 rings (SSSR count). The van der Waals surface area contributed by atoms with E-state index in [4.69, 9.17) is 9.47 Å². The van der Waals surface area contributed by atoms with E-state index in [0.29, 0.717) is 42.7 Å². The van der Waals surface area contributed by atoms with E-state index in [1.807, 2.05) is 25.1 Å². The number of aromatic nitrogens is 4. The molecular weight excluding hydrogens is 361 g/mol. The van der Waals surface area contributed by atoms with Crippen LogP contribution in [0.5, 0.6) is 11.5 Å². The Morgan fingerprint density at radius 2 is 1.96 bits per heavy atom. The molecule has 0 aliphatic rings. The first-order valence-corrected chi connectivity index (χ1v) is 8.94. The van der Waals surface area contributed by atoms with Crippen molar-refractivity contribution in [3.05, 3.63) is 72.1 Å². The third-order valence-electron chi connectivity index (χ3n) is 3.96. The average Bonchev–Trinajstić information content (AvgIpc) is 3.14. The van der Waals surface area contributed by atoms with Crippen molar-refractivity contribution in [3.8, 4) is 11.5 Å². The van der Waals surface area contributed by atoms with Crippen molar-refractivity contribution in [1.29, 1.82) is 0 Å². The summed E-state index contributed by atoms with van der Waals surface area (Å²) in [6.45, 7) is 7.07. The molecule has 3 aromatic rings. The molecule has 7 nitrogen and oxygen atoms in total. The summed E-state index contributed by atoms with van der Waals surface area (Å²) in [6.07, 6.45) is 1.71. The number of allylic oxidation sites excluding steroid dienone is 1. The van der Waals surface area contributed by atoms with Gasteiger partial charge >= 0.3 is 0 Å². The fraction of sp³-hybridized carbons (Fsp3) is 0.250. The molecule has 8 heteroatoms. The highest BCUT2D eigenvalue weighted by Gasteiger charge is 2.14. The fourth-order valence-electron chi connectivity index (χ4n) is 2.65. The minimum Gasteiger partial charge on any atom is -0.490 e. The van der Waals surface area contributed by atoms with Gasteiger partial charge in [-0.15, -0.1) is 6.58 Å². The number of hydrogen-bond donors (Lipinski definition) is 1. The van der Waals surface area contributed by atoms with Gasteiger partial charge in [-0.3, -0.25) is 0 Å². The van der Waals surface area contributed by atoms with Crippen molar-refractivity contribution < 1.29 is 13.9 Å². The first-order chi connectivity index (χ1) is 13.7. The second-order valence-electron chi connectivity index (χ2n) is 5.88. The maximum absolute atomic E-state index is 13.9. The molecule has 0 unspecified atom stereocenters. The van der Waals surface area contributed by atoms with Crippen LogP contribution in [-0.2, 0) is 19.7 Å². The Labute approximate surface area is 162 Å². The van der Waals surface area contributed by atoms with Crippen molar-refractivity contribution in [2.45, 2.75) is 26.6 Å². The van der Waals surface area contributed by atoms with Gasteiger partial charge in [0.15, 0.2) is 11.5 Å². The molecule has 0 aliphatic carbocycles. The predicted octanol–water partition coefficient (Wildman–Crippen LogP) is 3.59. The number of halogens is 1. The first kappa shape index (κ1) is 19.3. The number of nitrogens with zero attached hydrogens (tertiary/aromatic N) is 4. The Balaban J connectivity index is 1.80. The molecule has 1 N–H and O–H groups in total. The molecule has 1 heterocycles. The highest BCUT2D eigenvalue weighted by molar-refractivity contribution is 5.48. The molecule has 0 bridgehead atoms. The zero-order valence-corrected chi connectivity index (χ0v) is 15.6. The summed E-state index contributed by atoms with van der Waals surface area (Å²) in [4.78, 5) is 0. The summed E-state index contributed by atoms with van der Waals surface area (Å²) >= 11 is 0. The third kappa shape index (κ3) is 4.64. The van der Waals surface area contributed by atoms with Crippen LogP contribution in [0, 0.1) is 5.82 Å². The van der Waals surface area contributed by atoms with Gasteiger partial charge in [0, 0.05) is 17.7 Å². The lowest BCUT2D eigenvalue weighted by molar-refractivity contribution is 0.263. The number of ether oxygens (including phenoxy) is 2. The minimum atomic E-state index is -0.306. The lowest BCUT2D eigenvalue weighted by Crippen LogP contribution is -2.10. The van der Waals surface area contributed by atoms with Gasteiger partial charge < -0.3 is 14.8 Å². The lowest BCUT2D eigenvalue weighted by Gasteiger charge is -2.17. The van der Waals surface area contributed by atoms with Crippen LogP contribution >= 0.6 is 0 Å². The van der Waals surface area contributed by atoms with E-state index in [2.05, 4.69) is 27.4 Å². The second kappa shape index (κ2) is 9.50. The Morgan fingerprint density at radius 3 is 2.75 bits per heavy atom. The van der Waals surface area contributed by atoms with Crippen molar-refractivity contribution in [2.24, 2.45) is 0 Å². The molecule has 0 amide bonds. The molecule has 0 aliphatic heterocycles. The molecule has 0 saturated heterocycles. The number of rotatable bonds is 10. The first-order valence-electron chi connectivity index (χ1n) is 8.94. The van der Waals surface area contributed by atoms with Crippen LogP contribution in [0.1, 0.15) is 18.1 Å². The van der Waals surface area contributed by atoms with Crippen molar-refractivity contribution in [1.82, 2.24) is 20.2 Å². The average molecular weight is 383 g/mol. The molecule has 0 fully saturated rings. The van der Waals surface area contributed by atoms with Crippen LogP contribution < -0.4 is 14.8 Å². The van der Waals surface area contributed by atoms with Crippen LogP contribution in [0.2, 0.25) is 0 Å². The van der Waals surface area contributed by atoms with Crippen LogP contribution in [-0.4, -0.2) is 26.8 Å². The van der Waals surface area contributed by atoms with E-state index in [1.54, 1.807) is 29.0 Å². The number of nitrogens with one attached hydrogen (secondary N) is 1. The Bertz CT molecular complexity index is 928. The summed E-state index contributed by atoms with van der Waals surface area (Å²) in [6, 6.07) is 12.1. The molecule has 2 aromatic carbocycles. The predicted molar refractivity (Wildman–Crippen MR) is 104 cm³/mol. The number of hydrogen-bond acceptors (Lipinski definition) is 6. The topological polar surface area (TPSA) is 74.1 Å². The summed E-state index contributed by atoms with van der Waals surface area (Å²) in [7, 11) is 0. The molecule has 0 atom stereocenters. The highest BCUT2D eigenvalue weighted by atomic mass is 19.1. The van der Waals surface area contributed by atoms with Gasteiger partial charge in [-0.2, -0.15) is 0 Å². The van der Waals surface area contributed by atoms with Crippen LogP contribution in [0.4, 0.5) is 10.3 Å². The Hall–Kier alpha value is -3.42. The summed E-state index contributed by atoms with van der Waals surface area (Å²) in [5.41, 5.74) is 1.32. The summed E-state index contributed by atoms with van der Waals surface area (Å²) in [5, 5.41) is 14.7. The van der Waals surface area contributed by atoms with Crippen LogP contribution in [0.15, 0.2) is 55.1 Å². The van der Waals surface area contributed by atoms with E-state index >= 15 is 0 Å². The zero-order valence-electron chi connectivity index (χ0n) is 15.6. The number of anilines is 1. The van der Waals surface area contributed by atoms with Crippen LogP contribution in [0.3, 0.4) is 0 Å². The second-order valence-corrected chi connectivity index (χ2v) is 5.88. The van der Waals surface area contributed by atoms with E-state index in [-0.39, 0.29) is 12.4 Å². The van der Waals surface area contributed by atoms with E-state index in [1.165, 1.54) is 6.07 Å². The minimum absolute atomic E-state index is 0.0952. The monoisotopic (exact) mass is 383 g/mol. The van der Waals surface area contributed by atoms with Gasteiger partial charge in [0.25, 0.3) is 0 Å². The van der Waals surface area contributed by atoms with Gasteiger partial charge in [0.2, 0.25) is 5.95 Å². The molecule has 1 aromatic heterocycles. The molecule has 0 spiro atoms. The van der Waals surface area contributed by atoms with E-state index < -0.39 is 0 Å². The summed E-state index contributed by atoms with van der Waals surface area (Å²) in [5.74, 6) is 1.37. The maximum atomic E-state index is 13.9. The number of tetrazole rings is 1. The van der Waals surface area contributed by atoms with Gasteiger partial charge in [-0.05, 0) is 29.5 Å². The Kier molecular flexibility index (Phi) is 6.56. The molecule has 28 heavy (non-hydrogen) atoms. The Morgan fingerprint density at radius 1 is 1.14 bits per heavy atom. The molecule has 0 radical (unpaired) electrons. The largest absolute Gasteiger partial charge is 0.490 e. The number of para-hydroxylation sites is 1. The van der Waals surface area contributed by atoms with Gasteiger partial charge in [-0.25, -0.2) is 9.07 Å². The van der Waals surface area contributed by atoms with Gasteiger partial charge in [-0.1, -0.05) is 41.5 Å². The fourth-order valence-corrected chi connectivity index (χ4v) is 2.65. The normalized spacial score (nSPS) is 10.5. The molecule has 0 saturated carbocycles. The van der Waals surface area contributed by atoms with Crippen molar-refractivity contribution in [3.63, 3.8) is 0 Å². The maximum Gasteiger partial charge on any atom is 0.243 e. The number of benzene rings is 2. The zero-order chi connectivity index (χ0) is 19.8. The van der Waals surface area contributed by atoms with Crippen molar-refractivity contribution >= 4 is 5.95 Å². The molecular formula is C20H22FN5O2. The summed E-state index contributed by atoms with van der Waals surface area (Å²) < 4.78 is 27.2. The van der Waals surface area contributed by atoms with E-state index in [9.17, 15) is 4.39 Å². The molecule has 146 valence electrons. The SMILES string of the molecule is C=CCn1nnnc1NCc1cccc(OCC)c1OCc1ccccc1F. The van der Waals surface area contributed by atoms with Crippen LogP contribution in [0.25, 0.3) is 0 Å². The highest BCUT2D eigenvalue weighted by Crippen LogP contribution is 2.32. The standard InChI is InChI=1S/C20H22FN5O2/c1-3-12-26-20(23-24-25-26)22-13-15-9-7-11-18(27-4-2)19(15)28-14-16-8-5-6-10-17(16)21/h3,5-11H,1,4,12-14H2,2H3,(H,22,23,25). The van der Waals surface area contributed by atoms with Crippen molar-refractivity contribution in [2.75, 3.05) is 11.9 Å². The van der Waals surface area contributed by atoms with E-state index in [0.717, 1.165) is 5.56 Å². The lowest BCUT2D eigenvalue weighted by atomic mass is 10.1. The quantitative estimate of drug-likeness (QED) is 0.540. The van der Waals surface area contributed by atoms with Gasteiger partial charge in [0.1, 0.15) is 12.4 Å². The van der Waals surface area contributed by atoms with Gasteiger partial charge in [0.05, 0.1) is 13.2 Å². The third-order valence-corrected chi connectivity index (χ3v) is 3.96. The smallest absolute Gasteiger partial charge is 0.243 e.